The van der Waals surface area contributed by atoms with E-state index in [0.717, 1.165) is 18.3 Å². The van der Waals surface area contributed by atoms with E-state index in [0.29, 0.717) is 0 Å². The summed E-state index contributed by atoms with van der Waals surface area (Å²) >= 11 is 4.74. The summed E-state index contributed by atoms with van der Waals surface area (Å²) in [5, 5.41) is 0. The number of rotatable bonds is 2. The maximum atomic E-state index is 13.5. The fraction of sp³-hybridized carbons (Fsp3) is 0.0909. The van der Waals surface area contributed by atoms with Gasteiger partial charge < -0.3 is 9.72 Å². The zero-order valence-corrected chi connectivity index (χ0v) is 9.98. The molecule has 0 aliphatic rings. The smallest absolute Gasteiger partial charge is 0.406 e. The molecule has 0 unspecified atom stereocenters. The highest BCUT2D eigenvalue weighted by atomic mass is 32.1. The van der Waals surface area contributed by atoms with Crippen molar-refractivity contribution in [3.63, 3.8) is 0 Å². The molecule has 1 N–H and O–H groups in total. The SMILES string of the molecule is Fc1cnc(=S)[nH]c1-c1cccc(OC(F)(F)F)c1. The standard InChI is InChI=1S/C11H6F4N2OS/c12-8-5-16-10(19)17-9(8)6-2-1-3-7(4-6)18-11(13,14)15/h1-5H,(H,16,17,19). The lowest BCUT2D eigenvalue weighted by Crippen LogP contribution is -2.17. The number of hydrogen-bond donors (Lipinski definition) is 1. The summed E-state index contributed by atoms with van der Waals surface area (Å²) in [5.74, 6) is -1.17. The molecule has 1 aromatic heterocycles. The molecule has 0 saturated heterocycles. The summed E-state index contributed by atoms with van der Waals surface area (Å²) in [6.07, 6.45) is -3.91. The summed E-state index contributed by atoms with van der Waals surface area (Å²) in [7, 11) is 0. The summed E-state index contributed by atoms with van der Waals surface area (Å²) in [6.45, 7) is 0. The van der Waals surface area contributed by atoms with E-state index in [1.54, 1.807) is 0 Å². The molecule has 100 valence electrons. The molecule has 0 atom stereocenters. The van der Waals surface area contributed by atoms with Crippen LogP contribution < -0.4 is 4.74 Å². The molecule has 0 amide bonds. The average molecular weight is 290 g/mol. The molecule has 0 fully saturated rings. The minimum Gasteiger partial charge on any atom is -0.406 e. The van der Waals surface area contributed by atoms with Crippen molar-refractivity contribution in [1.29, 1.82) is 0 Å². The third-order valence-electron chi connectivity index (χ3n) is 2.12. The van der Waals surface area contributed by atoms with Gasteiger partial charge in [-0.05, 0) is 24.4 Å². The molecule has 0 radical (unpaired) electrons. The molecule has 1 heterocycles. The Morgan fingerprint density at radius 2 is 2.00 bits per heavy atom. The van der Waals surface area contributed by atoms with Gasteiger partial charge in [-0.15, -0.1) is 13.2 Å². The molecule has 0 bridgehead atoms. The number of hydrogen-bond acceptors (Lipinski definition) is 3. The van der Waals surface area contributed by atoms with E-state index >= 15 is 0 Å². The van der Waals surface area contributed by atoms with Crippen LogP contribution in [0.15, 0.2) is 30.5 Å². The Morgan fingerprint density at radius 3 is 2.68 bits per heavy atom. The first kappa shape index (κ1) is 13.5. The second-order valence-electron chi connectivity index (χ2n) is 3.49. The number of nitrogens with one attached hydrogen (secondary N) is 1. The van der Waals surface area contributed by atoms with Crippen LogP contribution >= 0.6 is 12.2 Å². The largest absolute Gasteiger partial charge is 0.573 e. The molecular weight excluding hydrogens is 284 g/mol. The number of alkyl halides is 3. The predicted molar refractivity (Wildman–Crippen MR) is 61.5 cm³/mol. The first-order valence-corrected chi connectivity index (χ1v) is 5.37. The third-order valence-corrected chi connectivity index (χ3v) is 2.33. The van der Waals surface area contributed by atoms with Gasteiger partial charge in [-0.1, -0.05) is 12.1 Å². The molecule has 0 aliphatic heterocycles. The van der Waals surface area contributed by atoms with Crippen molar-refractivity contribution in [2.45, 2.75) is 6.36 Å². The van der Waals surface area contributed by atoms with Gasteiger partial charge in [-0.3, -0.25) is 0 Å². The molecule has 8 heteroatoms. The maximum Gasteiger partial charge on any atom is 0.573 e. The lowest BCUT2D eigenvalue weighted by Gasteiger charge is -2.10. The van der Waals surface area contributed by atoms with Crippen LogP contribution in [0.5, 0.6) is 5.75 Å². The Hall–Kier alpha value is -1.96. The molecule has 0 spiro atoms. The molecule has 19 heavy (non-hydrogen) atoms. The predicted octanol–water partition coefficient (Wildman–Crippen LogP) is 3.84. The van der Waals surface area contributed by atoms with Crippen LogP contribution in [0.3, 0.4) is 0 Å². The van der Waals surface area contributed by atoms with Crippen molar-refractivity contribution in [2.24, 2.45) is 0 Å². The van der Waals surface area contributed by atoms with Gasteiger partial charge in [0.1, 0.15) is 5.75 Å². The van der Waals surface area contributed by atoms with E-state index in [2.05, 4.69) is 14.7 Å². The van der Waals surface area contributed by atoms with Gasteiger partial charge in [0, 0.05) is 5.56 Å². The van der Waals surface area contributed by atoms with Gasteiger partial charge in [0.05, 0.1) is 11.9 Å². The van der Waals surface area contributed by atoms with Gasteiger partial charge in [0.15, 0.2) is 10.6 Å². The quantitative estimate of drug-likeness (QED) is 0.674. The normalized spacial score (nSPS) is 11.4. The Bertz CT molecular complexity index is 654. The van der Waals surface area contributed by atoms with E-state index in [-0.39, 0.29) is 16.0 Å². The van der Waals surface area contributed by atoms with Gasteiger partial charge in [-0.25, -0.2) is 9.37 Å². The average Bonchev–Trinajstić information content (AvgIpc) is 2.30. The van der Waals surface area contributed by atoms with Crippen LogP contribution in [0.2, 0.25) is 0 Å². The van der Waals surface area contributed by atoms with Crippen molar-refractivity contribution in [2.75, 3.05) is 0 Å². The molecule has 3 nitrogen and oxygen atoms in total. The molecular formula is C11H6F4N2OS. The molecule has 0 aliphatic carbocycles. The topological polar surface area (TPSA) is 37.9 Å². The molecule has 2 aromatic rings. The third kappa shape index (κ3) is 3.50. The van der Waals surface area contributed by atoms with E-state index in [4.69, 9.17) is 12.2 Å². The molecule has 0 saturated carbocycles. The Morgan fingerprint density at radius 1 is 1.26 bits per heavy atom. The van der Waals surface area contributed by atoms with Crippen molar-refractivity contribution < 1.29 is 22.3 Å². The number of aromatic amines is 1. The monoisotopic (exact) mass is 290 g/mol. The summed E-state index contributed by atoms with van der Waals surface area (Å²) in [5.41, 5.74) is 0.125. The zero-order chi connectivity index (χ0) is 14.0. The summed E-state index contributed by atoms with van der Waals surface area (Å²) in [4.78, 5) is 5.99. The van der Waals surface area contributed by atoms with E-state index in [1.807, 2.05) is 0 Å². The number of benzene rings is 1. The van der Waals surface area contributed by atoms with Crippen molar-refractivity contribution in [1.82, 2.24) is 9.97 Å². The van der Waals surface area contributed by atoms with Crippen LogP contribution in [0.1, 0.15) is 0 Å². The first-order valence-electron chi connectivity index (χ1n) is 4.96. The first-order chi connectivity index (χ1) is 8.85. The van der Waals surface area contributed by atoms with Crippen LogP contribution in [0.25, 0.3) is 11.3 Å². The van der Waals surface area contributed by atoms with Crippen LogP contribution in [0, 0.1) is 10.6 Å². The van der Waals surface area contributed by atoms with E-state index in [1.165, 1.54) is 12.1 Å². The minimum absolute atomic E-state index is 0.0264. The minimum atomic E-state index is -4.80. The van der Waals surface area contributed by atoms with Gasteiger partial charge in [-0.2, -0.15) is 0 Å². The van der Waals surface area contributed by atoms with Crippen molar-refractivity contribution >= 4 is 12.2 Å². The molecule has 1 aromatic carbocycles. The molecule has 2 rings (SSSR count). The van der Waals surface area contributed by atoms with Gasteiger partial charge >= 0.3 is 6.36 Å². The highest BCUT2D eigenvalue weighted by Crippen LogP contribution is 2.27. The number of nitrogens with zero attached hydrogens (tertiary/aromatic N) is 1. The lowest BCUT2D eigenvalue weighted by molar-refractivity contribution is -0.274. The number of ether oxygens (including phenoxy) is 1. The van der Waals surface area contributed by atoms with Crippen LogP contribution in [-0.4, -0.2) is 16.3 Å². The van der Waals surface area contributed by atoms with E-state index in [9.17, 15) is 17.6 Å². The number of aromatic nitrogens is 2. The summed E-state index contributed by atoms with van der Waals surface area (Å²) < 4.78 is 53.6. The fourth-order valence-electron chi connectivity index (χ4n) is 1.44. The fourth-order valence-corrected chi connectivity index (χ4v) is 1.59. The lowest BCUT2D eigenvalue weighted by atomic mass is 10.1. The van der Waals surface area contributed by atoms with Crippen LogP contribution in [-0.2, 0) is 0 Å². The van der Waals surface area contributed by atoms with Gasteiger partial charge in [0.2, 0.25) is 0 Å². The van der Waals surface area contributed by atoms with Crippen molar-refractivity contribution in [3.8, 4) is 17.0 Å². The zero-order valence-electron chi connectivity index (χ0n) is 9.16. The van der Waals surface area contributed by atoms with Crippen LogP contribution in [0.4, 0.5) is 17.6 Å². The number of halogens is 4. The second kappa shape index (κ2) is 4.96. The maximum absolute atomic E-state index is 13.5. The van der Waals surface area contributed by atoms with Crippen molar-refractivity contribution in [3.05, 3.63) is 41.1 Å². The Balaban J connectivity index is 2.43. The summed E-state index contributed by atoms with van der Waals surface area (Å²) in [6, 6.07) is 4.90. The second-order valence-corrected chi connectivity index (χ2v) is 3.87. The highest BCUT2D eigenvalue weighted by molar-refractivity contribution is 7.71. The number of H-pyrrole nitrogens is 1. The Labute approximate surface area is 109 Å². The van der Waals surface area contributed by atoms with Gasteiger partial charge in [0.25, 0.3) is 0 Å². The Kier molecular flexibility index (Phi) is 3.52. The van der Waals surface area contributed by atoms with E-state index < -0.39 is 17.9 Å². The highest BCUT2D eigenvalue weighted by Gasteiger charge is 2.31.